The van der Waals surface area contributed by atoms with Gasteiger partial charge in [0.15, 0.2) is 0 Å². The van der Waals surface area contributed by atoms with E-state index < -0.39 is 23.9 Å². The van der Waals surface area contributed by atoms with Gasteiger partial charge in [-0.1, -0.05) is 18.2 Å². The number of nitrogens with one attached hydrogen (secondary N) is 2. The number of rotatable bonds is 6. The summed E-state index contributed by atoms with van der Waals surface area (Å²) in [4.78, 5) is 34.6. The standard InChI is InChI=1S/C18H19N3O5/c1-26-14-7-2-4-11(8-14)9-15(22)17(24)20-13-6-3-5-12(10-13)16(23)21-18(19)25/h2-8,10,15,22H,9H2,1H3,(H,20,24)(H3,19,21,23,25). The van der Waals surface area contributed by atoms with E-state index in [0.717, 1.165) is 5.56 Å². The first-order valence-corrected chi connectivity index (χ1v) is 7.71. The average molecular weight is 357 g/mol. The number of hydrogen-bond acceptors (Lipinski definition) is 5. The van der Waals surface area contributed by atoms with Crippen LogP contribution in [0.4, 0.5) is 10.5 Å². The quantitative estimate of drug-likeness (QED) is 0.614. The lowest BCUT2D eigenvalue weighted by molar-refractivity contribution is -0.123. The van der Waals surface area contributed by atoms with Crippen LogP contribution in [-0.4, -0.2) is 36.2 Å². The molecule has 0 spiro atoms. The largest absolute Gasteiger partial charge is 0.497 e. The van der Waals surface area contributed by atoms with Crippen molar-refractivity contribution in [1.82, 2.24) is 5.32 Å². The second-order valence-electron chi connectivity index (χ2n) is 5.46. The van der Waals surface area contributed by atoms with Gasteiger partial charge in [-0.25, -0.2) is 4.79 Å². The zero-order chi connectivity index (χ0) is 19.1. The highest BCUT2D eigenvalue weighted by Gasteiger charge is 2.17. The van der Waals surface area contributed by atoms with Crippen LogP contribution >= 0.6 is 0 Å². The van der Waals surface area contributed by atoms with Gasteiger partial charge in [-0.2, -0.15) is 0 Å². The molecule has 2 rings (SSSR count). The molecule has 0 radical (unpaired) electrons. The molecule has 0 aliphatic carbocycles. The second kappa shape index (κ2) is 8.63. The van der Waals surface area contributed by atoms with Crippen molar-refractivity contribution in [2.75, 3.05) is 12.4 Å². The summed E-state index contributed by atoms with van der Waals surface area (Å²) in [6.07, 6.45) is -1.18. The molecule has 0 aliphatic heterocycles. The van der Waals surface area contributed by atoms with E-state index in [1.54, 1.807) is 30.3 Å². The third-order valence-corrected chi connectivity index (χ3v) is 3.49. The van der Waals surface area contributed by atoms with Crippen LogP contribution in [0.1, 0.15) is 15.9 Å². The Morgan fingerprint density at radius 2 is 1.88 bits per heavy atom. The molecule has 0 saturated carbocycles. The van der Waals surface area contributed by atoms with Crippen molar-refractivity contribution in [3.63, 3.8) is 0 Å². The summed E-state index contributed by atoms with van der Waals surface area (Å²) >= 11 is 0. The van der Waals surface area contributed by atoms with Crippen LogP contribution in [0.3, 0.4) is 0 Å². The lowest BCUT2D eigenvalue weighted by atomic mass is 10.1. The molecule has 0 aromatic heterocycles. The maximum absolute atomic E-state index is 12.2. The van der Waals surface area contributed by atoms with Crippen molar-refractivity contribution in [2.45, 2.75) is 12.5 Å². The highest BCUT2D eigenvalue weighted by atomic mass is 16.5. The molecule has 2 aromatic rings. The summed E-state index contributed by atoms with van der Waals surface area (Å²) in [5.74, 6) is -0.686. The molecule has 8 nitrogen and oxygen atoms in total. The number of urea groups is 1. The zero-order valence-corrected chi connectivity index (χ0v) is 14.1. The van der Waals surface area contributed by atoms with E-state index >= 15 is 0 Å². The lowest BCUT2D eigenvalue weighted by Gasteiger charge is -2.13. The van der Waals surface area contributed by atoms with Crippen LogP contribution in [0.2, 0.25) is 0 Å². The summed E-state index contributed by atoms with van der Waals surface area (Å²) in [7, 11) is 1.53. The molecule has 2 aromatic carbocycles. The SMILES string of the molecule is COc1cccc(CC(O)C(=O)Nc2cccc(C(=O)NC(N)=O)c2)c1. The Balaban J connectivity index is 2.02. The Morgan fingerprint density at radius 3 is 2.58 bits per heavy atom. The molecule has 0 bridgehead atoms. The Morgan fingerprint density at radius 1 is 1.15 bits per heavy atom. The molecule has 0 aliphatic rings. The van der Waals surface area contributed by atoms with Gasteiger partial charge in [-0.15, -0.1) is 0 Å². The molecule has 1 atom stereocenters. The molecular formula is C18H19N3O5. The zero-order valence-electron chi connectivity index (χ0n) is 14.1. The van der Waals surface area contributed by atoms with Crippen molar-refractivity contribution in [1.29, 1.82) is 0 Å². The van der Waals surface area contributed by atoms with E-state index in [9.17, 15) is 19.5 Å². The fourth-order valence-corrected chi connectivity index (χ4v) is 2.26. The predicted octanol–water partition coefficient (Wildman–Crippen LogP) is 1.05. The third-order valence-electron chi connectivity index (χ3n) is 3.49. The first-order chi connectivity index (χ1) is 12.4. The monoisotopic (exact) mass is 357 g/mol. The number of benzene rings is 2. The number of methoxy groups -OCH3 is 1. The number of carbonyl (C=O) groups is 3. The lowest BCUT2D eigenvalue weighted by Crippen LogP contribution is -2.35. The number of aliphatic hydroxyl groups excluding tert-OH is 1. The Labute approximate surface area is 150 Å². The van der Waals surface area contributed by atoms with Crippen LogP contribution in [0.25, 0.3) is 0 Å². The average Bonchev–Trinajstić information content (AvgIpc) is 2.61. The summed E-state index contributed by atoms with van der Waals surface area (Å²) in [6.45, 7) is 0. The molecular weight excluding hydrogens is 338 g/mol. The van der Waals surface area contributed by atoms with Crippen molar-refractivity contribution < 1.29 is 24.2 Å². The third kappa shape index (κ3) is 5.32. The van der Waals surface area contributed by atoms with E-state index in [2.05, 4.69) is 5.32 Å². The molecule has 136 valence electrons. The van der Waals surface area contributed by atoms with Crippen LogP contribution in [0, 0.1) is 0 Å². The van der Waals surface area contributed by atoms with Crippen LogP contribution in [0.15, 0.2) is 48.5 Å². The van der Waals surface area contributed by atoms with Crippen LogP contribution < -0.4 is 21.1 Å². The number of hydrogen-bond donors (Lipinski definition) is 4. The van der Waals surface area contributed by atoms with E-state index in [4.69, 9.17) is 10.5 Å². The van der Waals surface area contributed by atoms with Crippen LogP contribution in [-0.2, 0) is 11.2 Å². The number of anilines is 1. The van der Waals surface area contributed by atoms with Crippen molar-refractivity contribution in [2.24, 2.45) is 5.73 Å². The molecule has 26 heavy (non-hydrogen) atoms. The highest BCUT2D eigenvalue weighted by molar-refractivity contribution is 6.04. The van der Waals surface area contributed by atoms with Gasteiger partial charge in [0.05, 0.1) is 7.11 Å². The van der Waals surface area contributed by atoms with E-state index in [0.29, 0.717) is 11.4 Å². The summed E-state index contributed by atoms with van der Waals surface area (Å²) in [5, 5.41) is 14.6. The Bertz CT molecular complexity index is 822. The van der Waals surface area contributed by atoms with E-state index in [1.807, 2.05) is 5.32 Å². The van der Waals surface area contributed by atoms with Gasteiger partial charge in [0.25, 0.3) is 11.8 Å². The molecule has 0 saturated heterocycles. The topological polar surface area (TPSA) is 131 Å². The Hall–Kier alpha value is -3.39. The molecule has 1 unspecified atom stereocenters. The number of imide groups is 1. The van der Waals surface area contributed by atoms with Gasteiger partial charge in [-0.05, 0) is 35.9 Å². The molecule has 0 heterocycles. The minimum absolute atomic E-state index is 0.102. The number of primary amides is 1. The minimum Gasteiger partial charge on any atom is -0.497 e. The van der Waals surface area contributed by atoms with Crippen molar-refractivity contribution in [3.05, 3.63) is 59.7 Å². The molecule has 4 amide bonds. The maximum atomic E-state index is 12.2. The Kier molecular flexibility index (Phi) is 6.29. The highest BCUT2D eigenvalue weighted by Crippen LogP contribution is 2.15. The van der Waals surface area contributed by atoms with E-state index in [1.165, 1.54) is 25.3 Å². The number of carbonyl (C=O) groups excluding carboxylic acids is 3. The van der Waals surface area contributed by atoms with Gasteiger partial charge in [0.2, 0.25) is 0 Å². The molecule has 0 fully saturated rings. The fourth-order valence-electron chi connectivity index (χ4n) is 2.26. The molecule has 5 N–H and O–H groups in total. The summed E-state index contributed by atoms with van der Waals surface area (Å²) in [5.41, 5.74) is 6.08. The summed E-state index contributed by atoms with van der Waals surface area (Å²) in [6, 6.07) is 12.0. The van der Waals surface area contributed by atoms with Gasteiger partial charge in [0, 0.05) is 17.7 Å². The fraction of sp³-hybridized carbons (Fsp3) is 0.167. The van der Waals surface area contributed by atoms with Crippen molar-refractivity contribution in [3.8, 4) is 5.75 Å². The predicted molar refractivity (Wildman–Crippen MR) is 94.8 cm³/mol. The number of ether oxygens (including phenoxy) is 1. The van der Waals surface area contributed by atoms with Gasteiger partial charge in [0.1, 0.15) is 11.9 Å². The first-order valence-electron chi connectivity index (χ1n) is 7.71. The maximum Gasteiger partial charge on any atom is 0.319 e. The number of nitrogens with two attached hydrogens (primary N) is 1. The smallest absolute Gasteiger partial charge is 0.319 e. The first kappa shape index (κ1) is 18.9. The number of amides is 4. The van der Waals surface area contributed by atoms with Crippen molar-refractivity contribution >= 4 is 23.5 Å². The van der Waals surface area contributed by atoms with Gasteiger partial charge < -0.3 is 20.9 Å². The van der Waals surface area contributed by atoms with Crippen LogP contribution in [0.5, 0.6) is 5.75 Å². The van der Waals surface area contributed by atoms with E-state index in [-0.39, 0.29) is 12.0 Å². The van der Waals surface area contributed by atoms with Gasteiger partial charge >= 0.3 is 6.03 Å². The minimum atomic E-state index is -1.29. The normalized spacial score (nSPS) is 11.3. The molecule has 8 heteroatoms. The number of aliphatic hydroxyl groups is 1. The second-order valence-corrected chi connectivity index (χ2v) is 5.46. The summed E-state index contributed by atoms with van der Waals surface area (Å²) < 4.78 is 5.10. The van der Waals surface area contributed by atoms with Gasteiger partial charge in [-0.3, -0.25) is 14.9 Å².